The molecule has 2 aromatic heterocycles. The molecule has 0 radical (unpaired) electrons. The molecular weight excluding hydrogens is 431 g/mol. The van der Waals surface area contributed by atoms with E-state index in [1.165, 1.54) is 17.4 Å². The van der Waals surface area contributed by atoms with Crippen LogP contribution in [0.3, 0.4) is 0 Å². The summed E-state index contributed by atoms with van der Waals surface area (Å²) < 4.78 is 26.3. The highest BCUT2D eigenvalue weighted by Gasteiger charge is 2.17. The third-order valence-electron chi connectivity index (χ3n) is 4.74. The van der Waals surface area contributed by atoms with Gasteiger partial charge < -0.3 is 20.5 Å². The lowest BCUT2D eigenvalue weighted by Crippen LogP contribution is -2.13. The van der Waals surface area contributed by atoms with Crippen molar-refractivity contribution in [2.45, 2.75) is 6.42 Å². The third-order valence-corrected chi connectivity index (χ3v) is 5.66. The minimum atomic E-state index is -0.515. The molecule has 0 aliphatic carbocycles. The molecule has 0 atom stereocenters. The first-order chi connectivity index (χ1) is 15.6. The summed E-state index contributed by atoms with van der Waals surface area (Å²) in [4.78, 5) is 11.1. The molecule has 0 bridgehead atoms. The number of fused-ring (bicyclic) bond motifs is 1. The Morgan fingerprint density at radius 3 is 2.78 bits per heavy atom. The number of thiophene rings is 1. The van der Waals surface area contributed by atoms with Gasteiger partial charge in [-0.1, -0.05) is 18.2 Å². The third kappa shape index (κ3) is 4.68. The number of methoxy groups -OCH3 is 1. The Morgan fingerprint density at radius 2 is 2.00 bits per heavy atom. The second-order valence-electron chi connectivity index (χ2n) is 6.98. The summed E-state index contributed by atoms with van der Waals surface area (Å²) in [7, 11) is 1.62. The number of hydrogen-bond acceptors (Lipinski definition) is 7. The summed E-state index contributed by atoms with van der Waals surface area (Å²) in [6, 6.07) is 14.0. The molecule has 2 aromatic carbocycles. The molecule has 0 saturated carbocycles. The standard InChI is InChI=1S/C23H21FN4O3S/c1-30-9-10-31-19-5-3-2-4-15(19)21-16-8-11-32-22(16)23(28-27-21)26-18-7-6-14(12-17(18)24)13-20(25)29/h2-8,11-12H,9-10,13H2,1H3,(H2,25,29)(H,26,28). The number of nitrogens with one attached hydrogen (secondary N) is 1. The molecule has 0 aliphatic rings. The van der Waals surface area contributed by atoms with Crippen LogP contribution in [0.2, 0.25) is 0 Å². The fourth-order valence-corrected chi connectivity index (χ4v) is 4.12. The van der Waals surface area contributed by atoms with Gasteiger partial charge in [-0.15, -0.1) is 21.5 Å². The lowest BCUT2D eigenvalue weighted by atomic mass is 10.1. The Labute approximate surface area is 188 Å². The molecule has 4 aromatic rings. The second kappa shape index (κ2) is 9.71. The van der Waals surface area contributed by atoms with E-state index in [-0.39, 0.29) is 12.1 Å². The van der Waals surface area contributed by atoms with E-state index < -0.39 is 11.7 Å². The quantitative estimate of drug-likeness (QED) is 0.368. The fourth-order valence-electron chi connectivity index (χ4n) is 3.28. The number of anilines is 2. The number of aromatic nitrogens is 2. The number of rotatable bonds is 9. The zero-order valence-corrected chi connectivity index (χ0v) is 18.1. The van der Waals surface area contributed by atoms with Crippen LogP contribution in [0.1, 0.15) is 5.56 Å². The van der Waals surface area contributed by atoms with Gasteiger partial charge in [0.2, 0.25) is 5.91 Å². The van der Waals surface area contributed by atoms with Gasteiger partial charge in [0.1, 0.15) is 23.9 Å². The van der Waals surface area contributed by atoms with E-state index in [0.29, 0.717) is 36.0 Å². The predicted molar refractivity (Wildman–Crippen MR) is 123 cm³/mol. The first kappa shape index (κ1) is 21.7. The Morgan fingerprint density at radius 1 is 1.16 bits per heavy atom. The fraction of sp³-hybridized carbons (Fsp3) is 0.174. The van der Waals surface area contributed by atoms with E-state index in [1.54, 1.807) is 19.2 Å². The molecule has 32 heavy (non-hydrogen) atoms. The predicted octanol–water partition coefficient (Wildman–Crippen LogP) is 4.29. The Bertz CT molecular complexity index is 1260. The summed E-state index contributed by atoms with van der Waals surface area (Å²) in [6.45, 7) is 0.888. The van der Waals surface area contributed by atoms with Gasteiger partial charge in [-0.3, -0.25) is 4.79 Å². The van der Waals surface area contributed by atoms with Crippen LogP contribution in [0, 0.1) is 5.82 Å². The van der Waals surface area contributed by atoms with E-state index in [0.717, 1.165) is 15.6 Å². The van der Waals surface area contributed by atoms with Crippen molar-refractivity contribution in [3.8, 4) is 17.0 Å². The molecular formula is C23H21FN4O3S. The van der Waals surface area contributed by atoms with Crippen molar-refractivity contribution in [1.29, 1.82) is 0 Å². The van der Waals surface area contributed by atoms with Crippen LogP contribution in [0.4, 0.5) is 15.9 Å². The number of hydrogen-bond donors (Lipinski definition) is 2. The number of halogens is 1. The van der Waals surface area contributed by atoms with Crippen LogP contribution in [0.5, 0.6) is 5.75 Å². The van der Waals surface area contributed by atoms with Crippen LogP contribution in [0.15, 0.2) is 53.9 Å². The van der Waals surface area contributed by atoms with Crippen molar-refractivity contribution in [3.05, 3.63) is 65.3 Å². The van der Waals surface area contributed by atoms with Gasteiger partial charge in [-0.2, -0.15) is 0 Å². The smallest absolute Gasteiger partial charge is 0.221 e. The number of para-hydroxylation sites is 1. The molecule has 0 unspecified atom stereocenters. The number of primary amides is 1. The van der Waals surface area contributed by atoms with E-state index in [1.807, 2.05) is 35.7 Å². The highest BCUT2D eigenvalue weighted by molar-refractivity contribution is 7.17. The number of ether oxygens (including phenoxy) is 2. The number of benzene rings is 2. The molecule has 3 N–H and O–H groups in total. The van der Waals surface area contributed by atoms with Gasteiger partial charge in [0.15, 0.2) is 5.82 Å². The zero-order valence-electron chi connectivity index (χ0n) is 17.3. The Balaban J connectivity index is 1.67. The van der Waals surface area contributed by atoms with Crippen LogP contribution < -0.4 is 15.8 Å². The van der Waals surface area contributed by atoms with Crippen LogP contribution >= 0.6 is 11.3 Å². The largest absolute Gasteiger partial charge is 0.490 e. The Hall–Kier alpha value is -3.56. The van der Waals surface area contributed by atoms with Gasteiger partial charge in [-0.05, 0) is 41.3 Å². The molecule has 0 aliphatic heterocycles. The number of nitrogens with zero attached hydrogens (tertiary/aromatic N) is 2. The van der Waals surface area contributed by atoms with E-state index in [9.17, 15) is 9.18 Å². The minimum Gasteiger partial charge on any atom is -0.490 e. The topological polar surface area (TPSA) is 99.4 Å². The summed E-state index contributed by atoms with van der Waals surface area (Å²) in [5.41, 5.74) is 7.42. The van der Waals surface area contributed by atoms with Crippen molar-refractivity contribution in [3.63, 3.8) is 0 Å². The van der Waals surface area contributed by atoms with Crippen molar-refractivity contribution < 1.29 is 18.7 Å². The maximum atomic E-state index is 14.6. The molecule has 4 rings (SSSR count). The summed E-state index contributed by atoms with van der Waals surface area (Å²) >= 11 is 1.48. The summed E-state index contributed by atoms with van der Waals surface area (Å²) in [5.74, 6) is 0.107. The maximum absolute atomic E-state index is 14.6. The highest BCUT2D eigenvalue weighted by Crippen LogP contribution is 2.38. The summed E-state index contributed by atoms with van der Waals surface area (Å²) in [5, 5.41) is 14.6. The number of amides is 1. The van der Waals surface area contributed by atoms with Crippen LogP contribution in [-0.2, 0) is 16.0 Å². The summed E-state index contributed by atoms with van der Waals surface area (Å²) in [6.07, 6.45) is -0.0211. The van der Waals surface area contributed by atoms with Gasteiger partial charge in [0.05, 0.1) is 23.4 Å². The Kier molecular flexibility index (Phi) is 6.58. The number of carbonyl (C=O) groups excluding carboxylic acids is 1. The van der Waals surface area contributed by atoms with Crippen molar-refractivity contribution in [1.82, 2.24) is 10.2 Å². The highest BCUT2D eigenvalue weighted by atomic mass is 32.1. The molecule has 164 valence electrons. The van der Waals surface area contributed by atoms with Gasteiger partial charge in [-0.25, -0.2) is 4.39 Å². The number of nitrogens with two attached hydrogens (primary N) is 1. The monoisotopic (exact) mass is 452 g/mol. The zero-order chi connectivity index (χ0) is 22.5. The molecule has 2 heterocycles. The van der Waals surface area contributed by atoms with Gasteiger partial charge in [0, 0.05) is 18.1 Å². The molecule has 9 heteroatoms. The first-order valence-corrected chi connectivity index (χ1v) is 10.7. The lowest BCUT2D eigenvalue weighted by Gasteiger charge is -2.13. The van der Waals surface area contributed by atoms with E-state index in [4.69, 9.17) is 15.2 Å². The van der Waals surface area contributed by atoms with Gasteiger partial charge >= 0.3 is 0 Å². The van der Waals surface area contributed by atoms with E-state index in [2.05, 4.69) is 15.5 Å². The average molecular weight is 453 g/mol. The lowest BCUT2D eigenvalue weighted by molar-refractivity contribution is -0.117. The first-order valence-electron chi connectivity index (χ1n) is 9.85. The maximum Gasteiger partial charge on any atom is 0.221 e. The van der Waals surface area contributed by atoms with Crippen LogP contribution in [-0.4, -0.2) is 36.4 Å². The molecule has 0 fully saturated rings. The van der Waals surface area contributed by atoms with E-state index >= 15 is 0 Å². The van der Waals surface area contributed by atoms with Crippen molar-refractivity contribution >= 4 is 38.8 Å². The molecule has 0 saturated heterocycles. The second-order valence-corrected chi connectivity index (χ2v) is 7.90. The van der Waals surface area contributed by atoms with Crippen LogP contribution in [0.25, 0.3) is 21.3 Å². The number of carbonyl (C=O) groups is 1. The van der Waals surface area contributed by atoms with Crippen molar-refractivity contribution in [2.75, 3.05) is 25.6 Å². The van der Waals surface area contributed by atoms with Gasteiger partial charge in [0.25, 0.3) is 0 Å². The molecule has 1 amide bonds. The molecule has 0 spiro atoms. The SMILES string of the molecule is COCCOc1ccccc1-c1nnc(Nc2ccc(CC(N)=O)cc2F)c2sccc12. The minimum absolute atomic E-state index is 0.0211. The van der Waals surface area contributed by atoms with Crippen molar-refractivity contribution in [2.24, 2.45) is 5.73 Å². The molecule has 7 nitrogen and oxygen atoms in total. The normalized spacial score (nSPS) is 10.9. The average Bonchev–Trinajstić information content (AvgIpc) is 3.26.